The Hall–Kier alpha value is -1.81. The highest BCUT2D eigenvalue weighted by atomic mass is 16.6. The van der Waals surface area contributed by atoms with Crippen LogP contribution in [0.15, 0.2) is 0 Å². The van der Waals surface area contributed by atoms with Gasteiger partial charge in [0, 0.05) is 25.7 Å². The predicted octanol–water partition coefficient (Wildman–Crippen LogP) is 2.46. The SMILES string of the molecule is CCOC(=O)C1(CN[C@@H](C)CC#N)CCN(C(=O)OC(C)(C)C)CC1. The minimum absolute atomic E-state index is 0.000173. The third-order valence-corrected chi connectivity index (χ3v) is 4.27. The van der Waals surface area contributed by atoms with Crippen LogP contribution in [0.2, 0.25) is 0 Å². The molecule has 0 radical (unpaired) electrons. The third kappa shape index (κ3) is 6.54. The second-order valence-electron chi connectivity index (χ2n) is 7.61. The molecule has 1 rings (SSSR count). The van der Waals surface area contributed by atoms with Crippen LogP contribution >= 0.6 is 0 Å². The minimum atomic E-state index is -0.668. The van der Waals surface area contributed by atoms with Crippen molar-refractivity contribution >= 4 is 12.1 Å². The van der Waals surface area contributed by atoms with Crippen LogP contribution in [0, 0.1) is 16.7 Å². The van der Waals surface area contributed by atoms with Crippen molar-refractivity contribution in [2.45, 2.75) is 65.5 Å². The average molecular weight is 353 g/mol. The molecule has 1 fully saturated rings. The van der Waals surface area contributed by atoms with Crippen LogP contribution in [0.3, 0.4) is 0 Å². The van der Waals surface area contributed by atoms with Gasteiger partial charge in [0.2, 0.25) is 0 Å². The number of carbonyl (C=O) groups excluding carboxylic acids is 2. The first kappa shape index (κ1) is 21.2. The lowest BCUT2D eigenvalue weighted by atomic mass is 9.78. The Balaban J connectivity index is 2.73. The van der Waals surface area contributed by atoms with Crippen molar-refractivity contribution in [3.05, 3.63) is 0 Å². The number of amides is 1. The van der Waals surface area contributed by atoms with Gasteiger partial charge in [-0.25, -0.2) is 4.79 Å². The molecule has 0 unspecified atom stereocenters. The summed E-state index contributed by atoms with van der Waals surface area (Å²) in [5.74, 6) is -0.240. The van der Waals surface area contributed by atoms with Crippen molar-refractivity contribution in [1.29, 1.82) is 5.26 Å². The van der Waals surface area contributed by atoms with E-state index in [-0.39, 0.29) is 18.1 Å². The van der Waals surface area contributed by atoms with Crippen molar-refractivity contribution in [3.8, 4) is 6.07 Å². The Bertz CT molecular complexity index is 499. The number of nitriles is 1. The number of rotatable bonds is 6. The zero-order chi connectivity index (χ0) is 19.1. The molecule has 142 valence electrons. The second kappa shape index (κ2) is 9.04. The number of likely N-dealkylation sites (tertiary alicyclic amines) is 1. The number of ether oxygens (including phenoxy) is 2. The minimum Gasteiger partial charge on any atom is -0.466 e. The lowest BCUT2D eigenvalue weighted by molar-refractivity contribution is -0.158. The van der Waals surface area contributed by atoms with E-state index in [0.717, 1.165) is 0 Å². The molecule has 0 aromatic rings. The third-order valence-electron chi connectivity index (χ3n) is 4.27. The molecule has 1 aliphatic heterocycles. The Morgan fingerprint density at radius 3 is 2.40 bits per heavy atom. The molecular weight excluding hydrogens is 322 g/mol. The fourth-order valence-corrected chi connectivity index (χ4v) is 2.76. The molecule has 1 aliphatic rings. The Morgan fingerprint density at radius 1 is 1.32 bits per heavy atom. The summed E-state index contributed by atoms with van der Waals surface area (Å²) in [6.07, 6.45) is 1.05. The van der Waals surface area contributed by atoms with Gasteiger partial charge in [-0.3, -0.25) is 4.79 Å². The van der Waals surface area contributed by atoms with Gasteiger partial charge < -0.3 is 19.7 Å². The highest BCUT2D eigenvalue weighted by molar-refractivity contribution is 5.78. The first-order chi connectivity index (χ1) is 11.6. The summed E-state index contributed by atoms with van der Waals surface area (Å²) in [7, 11) is 0. The molecule has 1 saturated heterocycles. The zero-order valence-electron chi connectivity index (χ0n) is 16.1. The summed E-state index contributed by atoms with van der Waals surface area (Å²) < 4.78 is 10.7. The van der Waals surface area contributed by atoms with Crippen LogP contribution in [-0.2, 0) is 14.3 Å². The van der Waals surface area contributed by atoms with Crippen molar-refractivity contribution in [2.75, 3.05) is 26.2 Å². The van der Waals surface area contributed by atoms with Crippen LogP contribution in [0.25, 0.3) is 0 Å². The molecule has 0 saturated carbocycles. The van der Waals surface area contributed by atoms with Crippen molar-refractivity contribution in [3.63, 3.8) is 0 Å². The van der Waals surface area contributed by atoms with E-state index < -0.39 is 11.0 Å². The number of hydrogen-bond donors (Lipinski definition) is 1. The number of nitrogens with one attached hydrogen (secondary N) is 1. The fourth-order valence-electron chi connectivity index (χ4n) is 2.76. The molecule has 0 aliphatic carbocycles. The molecule has 0 bridgehead atoms. The number of piperidine rings is 1. The van der Waals surface area contributed by atoms with Gasteiger partial charge in [0.1, 0.15) is 5.60 Å². The van der Waals surface area contributed by atoms with Gasteiger partial charge in [0.05, 0.1) is 24.5 Å². The lowest BCUT2D eigenvalue weighted by Gasteiger charge is -2.40. The molecule has 1 heterocycles. The summed E-state index contributed by atoms with van der Waals surface area (Å²) in [5, 5.41) is 12.0. The molecule has 7 nitrogen and oxygen atoms in total. The van der Waals surface area contributed by atoms with Crippen molar-refractivity contribution in [1.82, 2.24) is 10.2 Å². The topological polar surface area (TPSA) is 91.7 Å². The maximum atomic E-state index is 12.5. The summed E-state index contributed by atoms with van der Waals surface area (Å²) in [4.78, 5) is 26.4. The summed E-state index contributed by atoms with van der Waals surface area (Å²) >= 11 is 0. The highest BCUT2D eigenvalue weighted by Gasteiger charge is 2.44. The molecule has 1 N–H and O–H groups in total. The normalized spacial score (nSPS) is 18.2. The lowest BCUT2D eigenvalue weighted by Crippen LogP contribution is -2.53. The first-order valence-corrected chi connectivity index (χ1v) is 8.89. The first-order valence-electron chi connectivity index (χ1n) is 8.89. The second-order valence-corrected chi connectivity index (χ2v) is 7.61. The van der Waals surface area contributed by atoms with Crippen molar-refractivity contribution < 1.29 is 19.1 Å². The number of hydrogen-bond acceptors (Lipinski definition) is 6. The quantitative estimate of drug-likeness (QED) is 0.738. The molecule has 7 heteroatoms. The van der Waals surface area contributed by atoms with Crippen molar-refractivity contribution in [2.24, 2.45) is 5.41 Å². The number of carbonyl (C=O) groups is 2. The molecule has 0 aromatic heterocycles. The van der Waals surface area contributed by atoms with E-state index in [9.17, 15) is 9.59 Å². The highest BCUT2D eigenvalue weighted by Crippen LogP contribution is 2.33. The predicted molar refractivity (Wildman–Crippen MR) is 93.8 cm³/mol. The Labute approximate surface area is 150 Å². The van der Waals surface area contributed by atoms with Gasteiger partial charge in [0.25, 0.3) is 0 Å². The fraction of sp³-hybridized carbons (Fsp3) is 0.833. The smallest absolute Gasteiger partial charge is 0.410 e. The van der Waals surface area contributed by atoms with Crippen LogP contribution in [0.4, 0.5) is 4.79 Å². The maximum absolute atomic E-state index is 12.5. The van der Waals surface area contributed by atoms with Crippen LogP contribution in [-0.4, -0.2) is 54.8 Å². The van der Waals surface area contributed by atoms with Gasteiger partial charge in [0.15, 0.2) is 0 Å². The van der Waals surface area contributed by atoms with Gasteiger partial charge in [-0.1, -0.05) is 0 Å². The zero-order valence-corrected chi connectivity index (χ0v) is 16.1. The molecule has 0 aromatic carbocycles. The Morgan fingerprint density at radius 2 is 1.92 bits per heavy atom. The Kier molecular flexibility index (Phi) is 7.68. The van der Waals surface area contributed by atoms with E-state index in [0.29, 0.717) is 45.5 Å². The monoisotopic (exact) mass is 353 g/mol. The van der Waals surface area contributed by atoms with E-state index >= 15 is 0 Å². The molecule has 1 atom stereocenters. The van der Waals surface area contributed by atoms with E-state index in [4.69, 9.17) is 14.7 Å². The number of nitrogens with zero attached hydrogens (tertiary/aromatic N) is 2. The standard InChI is InChI=1S/C18H31N3O4/c1-6-24-15(22)18(13-20-14(2)7-10-19)8-11-21(12-9-18)16(23)25-17(3,4)5/h14,20H,6-9,11-13H2,1-5H3/t14-/m0/s1. The van der Waals surface area contributed by atoms with Gasteiger partial charge in [-0.2, -0.15) is 5.26 Å². The molecule has 1 amide bonds. The van der Waals surface area contributed by atoms with Gasteiger partial charge >= 0.3 is 12.1 Å². The van der Waals surface area contributed by atoms with Crippen LogP contribution < -0.4 is 5.32 Å². The van der Waals surface area contributed by atoms with E-state index in [1.165, 1.54) is 0 Å². The summed E-state index contributed by atoms with van der Waals surface area (Å²) in [5.41, 5.74) is -1.21. The van der Waals surface area contributed by atoms with E-state index in [1.807, 2.05) is 27.7 Å². The molecule has 25 heavy (non-hydrogen) atoms. The van der Waals surface area contributed by atoms with Crippen LogP contribution in [0.1, 0.15) is 53.9 Å². The van der Waals surface area contributed by atoms with Crippen LogP contribution in [0.5, 0.6) is 0 Å². The molecule has 0 spiro atoms. The maximum Gasteiger partial charge on any atom is 0.410 e. The number of esters is 1. The van der Waals surface area contributed by atoms with E-state index in [1.54, 1.807) is 11.8 Å². The largest absolute Gasteiger partial charge is 0.466 e. The average Bonchev–Trinajstić information content (AvgIpc) is 2.52. The summed E-state index contributed by atoms with van der Waals surface area (Å²) in [6.45, 7) is 10.9. The summed E-state index contributed by atoms with van der Waals surface area (Å²) in [6, 6.07) is 2.12. The molecular formula is C18H31N3O4. The van der Waals surface area contributed by atoms with E-state index in [2.05, 4.69) is 11.4 Å². The van der Waals surface area contributed by atoms with Gasteiger partial charge in [-0.15, -0.1) is 0 Å². The van der Waals surface area contributed by atoms with Gasteiger partial charge in [-0.05, 0) is 47.5 Å².